The maximum Gasteiger partial charge on any atom is 0.308 e. The predicted molar refractivity (Wildman–Crippen MR) is 65.2 cm³/mol. The Bertz CT molecular complexity index is 324. The minimum absolute atomic E-state index is 0.349. The first kappa shape index (κ1) is 12.4. The van der Waals surface area contributed by atoms with E-state index in [1.165, 1.54) is 6.92 Å². The second-order valence-corrected chi connectivity index (χ2v) is 4.07. The third-order valence-electron chi connectivity index (χ3n) is 1.81. The van der Waals surface area contributed by atoms with Crippen molar-refractivity contribution < 1.29 is 13.9 Å². The average Bonchev–Trinajstić information content (AvgIpc) is 2.20. The molecule has 0 N–H and O–H groups in total. The lowest BCUT2D eigenvalue weighted by atomic mass is 10.1. The summed E-state index contributed by atoms with van der Waals surface area (Å²) in [5.41, 5.74) is 0.912. The minimum Gasteiger partial charge on any atom is -0.427 e. The second-order valence-electron chi connectivity index (χ2n) is 3.19. The fourth-order valence-electron chi connectivity index (χ4n) is 1.17. The van der Waals surface area contributed by atoms with Gasteiger partial charge in [-0.3, -0.25) is 4.79 Å². The summed E-state index contributed by atoms with van der Waals surface area (Å²) in [4.78, 5) is 10.6. The van der Waals surface area contributed by atoms with Crippen molar-refractivity contribution in [2.75, 3.05) is 4.43 Å². The number of carbonyl (C=O) groups excluding carboxylic acids is 1. The van der Waals surface area contributed by atoms with Gasteiger partial charge in [0.05, 0.1) is 0 Å². The van der Waals surface area contributed by atoms with Crippen LogP contribution >= 0.6 is 22.6 Å². The highest BCUT2D eigenvalue weighted by Gasteiger charge is 2.05. The number of hydrogen-bond acceptors (Lipinski definition) is 2. The molecule has 0 heterocycles. The first-order valence-electron chi connectivity index (χ1n) is 4.59. The minimum atomic E-state index is -0.815. The molecule has 0 amide bonds. The largest absolute Gasteiger partial charge is 0.427 e. The highest BCUT2D eigenvalue weighted by molar-refractivity contribution is 14.1. The number of halogens is 2. The normalized spacial score (nSPS) is 12.2. The van der Waals surface area contributed by atoms with Gasteiger partial charge in [0, 0.05) is 17.8 Å². The van der Waals surface area contributed by atoms with Crippen LogP contribution in [0.4, 0.5) is 4.39 Å². The van der Waals surface area contributed by atoms with Crippen molar-refractivity contribution in [3.8, 4) is 5.75 Å². The van der Waals surface area contributed by atoms with Crippen LogP contribution in [0.3, 0.4) is 0 Å². The molecule has 1 unspecified atom stereocenters. The molecule has 0 fully saturated rings. The highest BCUT2D eigenvalue weighted by Crippen LogP contribution is 2.15. The summed E-state index contributed by atoms with van der Waals surface area (Å²) in [6.07, 6.45) is -0.409. The molecule has 0 aliphatic heterocycles. The lowest BCUT2D eigenvalue weighted by Crippen LogP contribution is -2.06. The van der Waals surface area contributed by atoms with Gasteiger partial charge in [0.15, 0.2) is 0 Å². The van der Waals surface area contributed by atoms with Crippen molar-refractivity contribution in [2.45, 2.75) is 19.5 Å². The van der Waals surface area contributed by atoms with Crippen LogP contribution in [-0.4, -0.2) is 16.6 Å². The summed E-state index contributed by atoms with van der Waals surface area (Å²) >= 11 is 2.02. The summed E-state index contributed by atoms with van der Waals surface area (Å²) in [7, 11) is 0. The van der Waals surface area contributed by atoms with Crippen LogP contribution in [0.25, 0.3) is 0 Å². The Morgan fingerprint density at radius 2 is 2.07 bits per heavy atom. The third kappa shape index (κ3) is 4.59. The third-order valence-corrected chi connectivity index (χ3v) is 2.77. The first-order chi connectivity index (χ1) is 7.11. The van der Waals surface area contributed by atoms with E-state index < -0.39 is 6.17 Å². The van der Waals surface area contributed by atoms with Crippen molar-refractivity contribution in [2.24, 2.45) is 0 Å². The molecule has 0 bridgehead atoms. The Balaban J connectivity index is 2.60. The van der Waals surface area contributed by atoms with Gasteiger partial charge in [-0.15, -0.1) is 0 Å². The molecular weight excluding hydrogens is 310 g/mol. The topological polar surface area (TPSA) is 26.3 Å². The lowest BCUT2D eigenvalue weighted by molar-refractivity contribution is -0.131. The number of rotatable bonds is 4. The van der Waals surface area contributed by atoms with Gasteiger partial charge in [0.2, 0.25) is 0 Å². The molecule has 1 aromatic rings. The first-order valence-corrected chi connectivity index (χ1v) is 6.11. The fourth-order valence-corrected chi connectivity index (χ4v) is 1.48. The zero-order chi connectivity index (χ0) is 11.3. The second kappa shape index (κ2) is 6.05. The molecule has 1 atom stereocenters. The molecule has 0 aliphatic carbocycles. The quantitative estimate of drug-likeness (QED) is 0.369. The number of esters is 1. The standard InChI is InChI=1S/C11H12FIO2/c1-8(14)15-11-4-2-9(3-5-11)6-10(12)7-13/h2-5,10H,6-7H2,1H3. The van der Waals surface area contributed by atoms with Crippen molar-refractivity contribution >= 4 is 28.6 Å². The maximum absolute atomic E-state index is 13.0. The van der Waals surface area contributed by atoms with Crippen LogP contribution in [0.5, 0.6) is 5.75 Å². The van der Waals surface area contributed by atoms with E-state index >= 15 is 0 Å². The summed E-state index contributed by atoms with van der Waals surface area (Å²) in [6.45, 7) is 1.35. The van der Waals surface area contributed by atoms with Crippen molar-refractivity contribution in [1.29, 1.82) is 0 Å². The molecule has 0 spiro atoms. The molecule has 4 heteroatoms. The van der Waals surface area contributed by atoms with Crippen molar-refractivity contribution in [3.05, 3.63) is 29.8 Å². The number of alkyl halides is 2. The van der Waals surface area contributed by atoms with E-state index in [4.69, 9.17) is 4.74 Å². The Morgan fingerprint density at radius 1 is 1.47 bits per heavy atom. The van der Waals surface area contributed by atoms with Crippen LogP contribution < -0.4 is 4.74 Å². The SMILES string of the molecule is CC(=O)Oc1ccc(CC(F)CI)cc1. The molecule has 0 saturated carbocycles. The van der Waals surface area contributed by atoms with E-state index in [0.29, 0.717) is 16.6 Å². The number of carbonyl (C=O) groups is 1. The maximum atomic E-state index is 13.0. The molecule has 0 aliphatic rings. The van der Waals surface area contributed by atoms with Gasteiger partial charge < -0.3 is 4.74 Å². The number of benzene rings is 1. The Labute approximate surface area is 102 Å². The van der Waals surface area contributed by atoms with Crippen LogP contribution in [0.15, 0.2) is 24.3 Å². The van der Waals surface area contributed by atoms with Gasteiger partial charge in [-0.05, 0) is 17.7 Å². The van der Waals surface area contributed by atoms with E-state index in [-0.39, 0.29) is 5.97 Å². The average molecular weight is 322 g/mol. The summed E-state index contributed by atoms with van der Waals surface area (Å²) in [5.74, 6) is 0.148. The van der Waals surface area contributed by atoms with E-state index in [9.17, 15) is 9.18 Å². The van der Waals surface area contributed by atoms with Crippen LogP contribution in [0.1, 0.15) is 12.5 Å². The van der Waals surface area contributed by atoms with Crippen molar-refractivity contribution in [3.63, 3.8) is 0 Å². The van der Waals surface area contributed by atoms with Gasteiger partial charge in [0.25, 0.3) is 0 Å². The van der Waals surface area contributed by atoms with E-state index in [1.807, 2.05) is 22.6 Å². The number of ether oxygens (including phenoxy) is 1. The van der Waals surface area contributed by atoms with Crippen LogP contribution in [-0.2, 0) is 11.2 Å². The highest BCUT2D eigenvalue weighted by atomic mass is 127. The van der Waals surface area contributed by atoms with E-state index in [2.05, 4.69) is 0 Å². The Kier molecular flexibility index (Phi) is 5.01. The summed E-state index contributed by atoms with van der Waals surface area (Å²) < 4.78 is 18.4. The fraction of sp³-hybridized carbons (Fsp3) is 0.364. The Morgan fingerprint density at radius 3 is 2.53 bits per heavy atom. The molecule has 1 aromatic carbocycles. The molecule has 0 aromatic heterocycles. The van der Waals surface area contributed by atoms with Crippen molar-refractivity contribution in [1.82, 2.24) is 0 Å². The predicted octanol–water partition coefficient (Wildman–Crippen LogP) is 2.93. The zero-order valence-corrected chi connectivity index (χ0v) is 10.5. The van der Waals surface area contributed by atoms with Gasteiger partial charge in [-0.25, -0.2) is 4.39 Å². The van der Waals surface area contributed by atoms with Crippen LogP contribution in [0, 0.1) is 0 Å². The van der Waals surface area contributed by atoms with Gasteiger partial charge in [-0.2, -0.15) is 0 Å². The molecule has 0 radical (unpaired) electrons. The summed E-state index contributed by atoms with van der Waals surface area (Å²) in [6, 6.07) is 6.90. The van der Waals surface area contributed by atoms with E-state index in [1.54, 1.807) is 24.3 Å². The lowest BCUT2D eigenvalue weighted by Gasteiger charge is -2.05. The molecule has 0 saturated heterocycles. The van der Waals surface area contributed by atoms with E-state index in [0.717, 1.165) is 5.56 Å². The molecule has 1 rings (SSSR count). The molecule has 82 valence electrons. The summed E-state index contributed by atoms with van der Waals surface area (Å²) in [5, 5.41) is 0. The molecule has 2 nitrogen and oxygen atoms in total. The van der Waals surface area contributed by atoms with Gasteiger partial charge >= 0.3 is 5.97 Å². The monoisotopic (exact) mass is 322 g/mol. The van der Waals surface area contributed by atoms with Crippen LogP contribution in [0.2, 0.25) is 0 Å². The zero-order valence-electron chi connectivity index (χ0n) is 8.37. The van der Waals surface area contributed by atoms with Gasteiger partial charge in [-0.1, -0.05) is 34.7 Å². The molecule has 15 heavy (non-hydrogen) atoms. The van der Waals surface area contributed by atoms with Gasteiger partial charge in [0.1, 0.15) is 11.9 Å². The Hall–Kier alpha value is -0.650. The molecular formula is C11H12FIO2. The number of hydrogen-bond donors (Lipinski definition) is 0. The smallest absolute Gasteiger partial charge is 0.308 e.